The number of aromatic hydroxyl groups is 1. The molecule has 0 saturated carbocycles. The topological polar surface area (TPSA) is 131 Å². The minimum atomic E-state index is -1.19. The van der Waals surface area contributed by atoms with Gasteiger partial charge in [0, 0.05) is 24.6 Å². The maximum Gasteiger partial charge on any atom is 0.258 e. The van der Waals surface area contributed by atoms with E-state index in [0.29, 0.717) is 5.95 Å². The van der Waals surface area contributed by atoms with E-state index in [1.165, 1.54) is 7.11 Å². The number of fused-ring (bicyclic) bond motifs is 1. The van der Waals surface area contributed by atoms with Gasteiger partial charge < -0.3 is 20.1 Å². The van der Waals surface area contributed by atoms with Crippen molar-refractivity contribution < 1.29 is 14.6 Å². The fourth-order valence-electron chi connectivity index (χ4n) is 4.05. The molecule has 3 heterocycles. The minimum Gasteiger partial charge on any atom is -0.504 e. The molecule has 1 aromatic carbocycles. The molecule has 0 bridgehead atoms. The van der Waals surface area contributed by atoms with E-state index in [4.69, 9.17) is 4.74 Å². The number of amides is 1. The number of piperidine rings is 1. The molecule has 2 aromatic rings. The summed E-state index contributed by atoms with van der Waals surface area (Å²) in [5, 5.41) is 22.8. The van der Waals surface area contributed by atoms with Crippen molar-refractivity contribution in [1.29, 1.82) is 5.26 Å². The molecule has 29 heavy (non-hydrogen) atoms. The van der Waals surface area contributed by atoms with Crippen molar-refractivity contribution in [2.24, 2.45) is 5.92 Å². The zero-order valence-electron chi connectivity index (χ0n) is 15.9. The van der Waals surface area contributed by atoms with Crippen LogP contribution in [-0.2, 0) is 4.79 Å². The van der Waals surface area contributed by atoms with Gasteiger partial charge in [-0.05, 0) is 25.3 Å². The number of benzene rings is 1. The summed E-state index contributed by atoms with van der Waals surface area (Å²) in [6, 6.07) is 6.73. The first-order chi connectivity index (χ1) is 14.0. The standard InChI is InChI=1S/C20H21N5O4/c1-29-13-7-5-6-11(16(13)26)14-12(10-21)18(27)22-17-15(14)19(28)24-20(23-17)25-8-3-2-4-9-25/h5-7,12,14,26H,2-4,8-9H2,1H3,(H2,22,23,24,27,28). The van der Waals surface area contributed by atoms with Gasteiger partial charge >= 0.3 is 0 Å². The number of aromatic nitrogens is 2. The predicted molar refractivity (Wildman–Crippen MR) is 105 cm³/mol. The molecule has 0 spiro atoms. The summed E-state index contributed by atoms with van der Waals surface area (Å²) in [7, 11) is 1.40. The number of rotatable bonds is 3. The van der Waals surface area contributed by atoms with Gasteiger partial charge in [-0.25, -0.2) is 0 Å². The Hall–Kier alpha value is -3.54. The number of phenols is 1. The Balaban J connectivity index is 1.88. The molecule has 1 fully saturated rings. The minimum absolute atomic E-state index is 0.123. The number of anilines is 2. The van der Waals surface area contributed by atoms with Gasteiger partial charge in [0.25, 0.3) is 5.56 Å². The van der Waals surface area contributed by atoms with Gasteiger partial charge in [0.1, 0.15) is 11.7 Å². The number of ether oxygens (including phenoxy) is 1. The highest BCUT2D eigenvalue weighted by Gasteiger charge is 2.42. The fraction of sp³-hybridized carbons (Fsp3) is 0.400. The molecule has 4 rings (SSSR count). The largest absolute Gasteiger partial charge is 0.504 e. The van der Waals surface area contributed by atoms with Crippen LogP contribution in [0.5, 0.6) is 11.5 Å². The number of aromatic amines is 1. The Kier molecular flexibility index (Phi) is 4.84. The fourth-order valence-corrected chi connectivity index (χ4v) is 4.05. The van der Waals surface area contributed by atoms with Gasteiger partial charge in [-0.3, -0.25) is 14.6 Å². The van der Waals surface area contributed by atoms with Crippen LogP contribution in [0, 0.1) is 17.2 Å². The lowest BCUT2D eigenvalue weighted by molar-refractivity contribution is -0.119. The van der Waals surface area contributed by atoms with E-state index < -0.39 is 23.3 Å². The Morgan fingerprint density at radius 2 is 2.03 bits per heavy atom. The van der Waals surface area contributed by atoms with Crippen LogP contribution in [0.1, 0.15) is 36.3 Å². The van der Waals surface area contributed by atoms with Crippen molar-refractivity contribution in [1.82, 2.24) is 9.97 Å². The average Bonchev–Trinajstić information content (AvgIpc) is 2.73. The van der Waals surface area contributed by atoms with E-state index in [1.807, 2.05) is 11.0 Å². The van der Waals surface area contributed by atoms with Gasteiger partial charge in [-0.15, -0.1) is 0 Å². The van der Waals surface area contributed by atoms with Gasteiger partial charge in [0.15, 0.2) is 11.5 Å². The van der Waals surface area contributed by atoms with Gasteiger partial charge in [-0.2, -0.15) is 10.2 Å². The van der Waals surface area contributed by atoms with Crippen LogP contribution in [0.3, 0.4) is 0 Å². The van der Waals surface area contributed by atoms with Crippen molar-refractivity contribution in [2.45, 2.75) is 25.2 Å². The zero-order chi connectivity index (χ0) is 20.5. The number of nitrogens with one attached hydrogen (secondary N) is 2. The Morgan fingerprint density at radius 1 is 1.28 bits per heavy atom. The maximum atomic E-state index is 13.0. The van der Waals surface area contributed by atoms with E-state index >= 15 is 0 Å². The number of para-hydroxylation sites is 1. The van der Waals surface area contributed by atoms with Crippen LogP contribution in [-0.4, -0.2) is 41.2 Å². The summed E-state index contributed by atoms with van der Waals surface area (Å²) < 4.78 is 5.15. The third-order valence-corrected chi connectivity index (χ3v) is 5.49. The molecule has 1 amide bonds. The van der Waals surface area contributed by atoms with Crippen LogP contribution in [0.25, 0.3) is 0 Å². The second-order valence-electron chi connectivity index (χ2n) is 7.17. The van der Waals surface area contributed by atoms with E-state index in [-0.39, 0.29) is 28.4 Å². The van der Waals surface area contributed by atoms with E-state index in [2.05, 4.69) is 15.3 Å². The first kappa shape index (κ1) is 18.8. The Labute approximate surface area is 166 Å². The van der Waals surface area contributed by atoms with Crippen LogP contribution in [0.15, 0.2) is 23.0 Å². The molecule has 1 aromatic heterocycles. The first-order valence-electron chi connectivity index (χ1n) is 9.50. The molecule has 2 aliphatic heterocycles. The van der Waals surface area contributed by atoms with Gasteiger partial charge in [0.2, 0.25) is 11.9 Å². The molecule has 1 saturated heterocycles. The van der Waals surface area contributed by atoms with Crippen LogP contribution in [0.2, 0.25) is 0 Å². The Bertz CT molecular complexity index is 1050. The lowest BCUT2D eigenvalue weighted by atomic mass is 9.78. The zero-order valence-corrected chi connectivity index (χ0v) is 15.9. The molecule has 0 aliphatic carbocycles. The predicted octanol–water partition coefficient (Wildman–Crippen LogP) is 1.70. The van der Waals surface area contributed by atoms with E-state index in [9.17, 15) is 20.0 Å². The monoisotopic (exact) mass is 395 g/mol. The SMILES string of the molecule is COc1cccc(C2c3c(nc(N4CCCCC4)[nH]c3=O)NC(=O)C2C#N)c1O. The van der Waals surface area contributed by atoms with Crippen LogP contribution < -0.4 is 20.5 Å². The molecule has 2 aliphatic rings. The number of methoxy groups -OCH3 is 1. The summed E-state index contributed by atoms with van der Waals surface area (Å²) in [5.41, 5.74) is -0.0199. The third-order valence-electron chi connectivity index (χ3n) is 5.49. The molecule has 9 nitrogen and oxygen atoms in total. The smallest absolute Gasteiger partial charge is 0.258 e. The molecular weight excluding hydrogens is 374 g/mol. The van der Waals surface area contributed by atoms with Gasteiger partial charge in [0.05, 0.1) is 18.7 Å². The Morgan fingerprint density at radius 3 is 2.72 bits per heavy atom. The average molecular weight is 395 g/mol. The van der Waals surface area contributed by atoms with Crippen molar-refractivity contribution in [3.05, 3.63) is 39.7 Å². The first-order valence-corrected chi connectivity index (χ1v) is 9.50. The van der Waals surface area contributed by atoms with Crippen molar-refractivity contribution in [3.8, 4) is 17.6 Å². The molecule has 2 unspecified atom stereocenters. The summed E-state index contributed by atoms with van der Waals surface area (Å²) >= 11 is 0. The van der Waals surface area contributed by atoms with Crippen molar-refractivity contribution in [2.75, 3.05) is 30.4 Å². The van der Waals surface area contributed by atoms with Crippen molar-refractivity contribution >= 4 is 17.7 Å². The summed E-state index contributed by atoms with van der Waals surface area (Å²) in [6.45, 7) is 1.55. The molecule has 0 radical (unpaired) electrons. The second-order valence-corrected chi connectivity index (χ2v) is 7.17. The number of nitrogens with zero attached hydrogens (tertiary/aromatic N) is 3. The number of carbonyl (C=O) groups is 1. The van der Waals surface area contributed by atoms with Gasteiger partial charge in [-0.1, -0.05) is 12.1 Å². The molecular formula is C20H21N5O4. The lowest BCUT2D eigenvalue weighted by Gasteiger charge is -2.31. The highest BCUT2D eigenvalue weighted by Crippen LogP contribution is 2.44. The number of hydrogen-bond donors (Lipinski definition) is 3. The number of H-pyrrole nitrogens is 1. The lowest BCUT2D eigenvalue weighted by Crippen LogP contribution is -2.40. The summed E-state index contributed by atoms with van der Waals surface area (Å²) in [4.78, 5) is 34.9. The molecule has 2 atom stereocenters. The third kappa shape index (κ3) is 3.16. The highest BCUT2D eigenvalue weighted by atomic mass is 16.5. The molecule has 150 valence electrons. The second kappa shape index (κ2) is 7.47. The number of phenolic OH excluding ortho intramolecular Hbond substituents is 1. The number of hydrogen-bond acceptors (Lipinski definition) is 7. The van der Waals surface area contributed by atoms with E-state index in [0.717, 1.165) is 32.4 Å². The number of carbonyl (C=O) groups excluding carboxylic acids is 1. The molecule has 9 heteroatoms. The van der Waals surface area contributed by atoms with Crippen LogP contribution in [0.4, 0.5) is 11.8 Å². The van der Waals surface area contributed by atoms with E-state index in [1.54, 1.807) is 18.2 Å². The molecule has 3 N–H and O–H groups in total. The summed E-state index contributed by atoms with van der Waals surface area (Å²) in [5.74, 6) is -2.21. The normalized spacial score (nSPS) is 21.1. The highest BCUT2D eigenvalue weighted by molar-refractivity contribution is 5.98. The quantitative estimate of drug-likeness (QED) is 0.721. The van der Waals surface area contributed by atoms with Crippen molar-refractivity contribution in [3.63, 3.8) is 0 Å². The number of nitriles is 1. The van der Waals surface area contributed by atoms with Crippen LogP contribution >= 0.6 is 0 Å². The maximum absolute atomic E-state index is 13.0. The summed E-state index contributed by atoms with van der Waals surface area (Å²) in [6.07, 6.45) is 3.14.